The van der Waals surface area contributed by atoms with E-state index in [1.807, 2.05) is 38.2 Å². The summed E-state index contributed by atoms with van der Waals surface area (Å²) in [6, 6.07) is 5.32. The first-order valence-corrected chi connectivity index (χ1v) is 15.0. The molecule has 4 rings (SSSR count). The van der Waals surface area contributed by atoms with Gasteiger partial charge >= 0.3 is 0 Å². The molecule has 0 saturated carbocycles. The molecular formula is C25H36N2O6Si. The highest BCUT2D eigenvalue weighted by atomic mass is 28.4. The van der Waals surface area contributed by atoms with E-state index < -0.39 is 20.0 Å². The number of carbonyl (C=O) groups excluding carboxylic acids is 2. The van der Waals surface area contributed by atoms with E-state index in [0.717, 1.165) is 18.5 Å². The molecule has 0 aliphatic carbocycles. The Labute approximate surface area is 202 Å². The maximum atomic E-state index is 14.0. The number of methoxy groups -OCH3 is 1. The maximum absolute atomic E-state index is 14.0. The highest BCUT2D eigenvalue weighted by molar-refractivity contribution is 6.71. The molecule has 2 saturated heterocycles. The van der Waals surface area contributed by atoms with E-state index in [-0.39, 0.29) is 42.3 Å². The molecule has 0 aromatic heterocycles. The number of hydrogen-bond donors (Lipinski definition) is 2. The SMILES string of the molecule is C=CCN1C(=O)[C@]2(O[C@H](CC(=O)N3CCC[C@H]3CO)[C@@H]([Si](C)(C)O)[C@@H]2C)c2cc(OC)ccc21. The lowest BCUT2D eigenvalue weighted by Gasteiger charge is -2.32. The summed E-state index contributed by atoms with van der Waals surface area (Å²) < 4.78 is 12.1. The number of fused-ring (bicyclic) bond motifs is 2. The van der Waals surface area contributed by atoms with Crippen LogP contribution >= 0.6 is 0 Å². The summed E-state index contributed by atoms with van der Waals surface area (Å²) in [4.78, 5) is 41.9. The Morgan fingerprint density at radius 1 is 1.41 bits per heavy atom. The van der Waals surface area contributed by atoms with Crippen molar-refractivity contribution in [2.24, 2.45) is 5.92 Å². The van der Waals surface area contributed by atoms with Gasteiger partial charge in [0.05, 0.1) is 38.0 Å². The minimum Gasteiger partial charge on any atom is -0.497 e. The van der Waals surface area contributed by atoms with Crippen molar-refractivity contribution in [3.63, 3.8) is 0 Å². The van der Waals surface area contributed by atoms with Crippen LogP contribution in [0.4, 0.5) is 5.69 Å². The molecule has 3 aliphatic heterocycles. The zero-order valence-corrected chi connectivity index (χ0v) is 21.5. The van der Waals surface area contributed by atoms with Crippen LogP contribution in [0.25, 0.3) is 0 Å². The highest BCUT2D eigenvalue weighted by Crippen LogP contribution is 2.60. The molecule has 0 radical (unpaired) electrons. The maximum Gasteiger partial charge on any atom is 0.264 e. The number of rotatable bonds is 7. The van der Waals surface area contributed by atoms with E-state index in [4.69, 9.17) is 9.47 Å². The third-order valence-electron chi connectivity index (χ3n) is 7.79. The first kappa shape index (κ1) is 24.9. The molecule has 5 atom stereocenters. The number of carbonyl (C=O) groups is 2. The molecule has 34 heavy (non-hydrogen) atoms. The molecule has 0 unspecified atom stereocenters. The molecule has 8 nitrogen and oxygen atoms in total. The van der Waals surface area contributed by atoms with Gasteiger partial charge in [-0.15, -0.1) is 6.58 Å². The van der Waals surface area contributed by atoms with E-state index in [0.29, 0.717) is 24.4 Å². The van der Waals surface area contributed by atoms with Gasteiger partial charge < -0.3 is 29.2 Å². The van der Waals surface area contributed by atoms with Gasteiger partial charge in [0.2, 0.25) is 5.91 Å². The Bertz CT molecular complexity index is 979. The molecular weight excluding hydrogens is 452 g/mol. The van der Waals surface area contributed by atoms with Crippen LogP contribution in [-0.2, 0) is 19.9 Å². The van der Waals surface area contributed by atoms with Gasteiger partial charge in [-0.1, -0.05) is 13.0 Å². The van der Waals surface area contributed by atoms with E-state index in [1.165, 1.54) is 0 Å². The van der Waals surface area contributed by atoms with Crippen molar-refractivity contribution < 1.29 is 29.0 Å². The average Bonchev–Trinajstić information content (AvgIpc) is 3.44. The van der Waals surface area contributed by atoms with Gasteiger partial charge in [0, 0.05) is 30.1 Å². The van der Waals surface area contributed by atoms with Crippen LogP contribution in [0.5, 0.6) is 5.75 Å². The number of hydrogen-bond acceptors (Lipinski definition) is 6. The third kappa shape index (κ3) is 3.79. The van der Waals surface area contributed by atoms with Gasteiger partial charge in [0.1, 0.15) is 5.75 Å². The monoisotopic (exact) mass is 488 g/mol. The van der Waals surface area contributed by atoms with Crippen molar-refractivity contribution in [2.45, 2.75) is 62.6 Å². The Kier molecular flexibility index (Phi) is 6.67. The van der Waals surface area contributed by atoms with Crippen LogP contribution in [0.1, 0.15) is 31.7 Å². The van der Waals surface area contributed by atoms with Gasteiger partial charge in [-0.25, -0.2) is 0 Å². The zero-order valence-electron chi connectivity index (χ0n) is 20.5. The summed E-state index contributed by atoms with van der Waals surface area (Å²) in [6.45, 7) is 10.3. The first-order chi connectivity index (χ1) is 16.1. The molecule has 2 fully saturated rings. The number of aliphatic hydroxyl groups is 1. The van der Waals surface area contributed by atoms with Gasteiger partial charge in [-0.05, 0) is 44.1 Å². The van der Waals surface area contributed by atoms with Crippen LogP contribution in [-0.4, -0.2) is 73.9 Å². The summed E-state index contributed by atoms with van der Waals surface area (Å²) in [7, 11) is -1.28. The smallest absolute Gasteiger partial charge is 0.264 e. The van der Waals surface area contributed by atoms with Crippen molar-refractivity contribution in [2.75, 3.05) is 31.7 Å². The van der Waals surface area contributed by atoms with Crippen molar-refractivity contribution in [1.82, 2.24) is 4.90 Å². The summed E-state index contributed by atoms with van der Waals surface area (Å²) in [6.07, 6.45) is 2.77. The lowest BCUT2D eigenvalue weighted by atomic mass is 9.82. The number of ether oxygens (including phenoxy) is 2. The minimum atomic E-state index is -2.86. The quantitative estimate of drug-likeness (QED) is 0.452. The fourth-order valence-electron chi connectivity index (χ4n) is 6.34. The molecule has 1 aromatic carbocycles. The summed E-state index contributed by atoms with van der Waals surface area (Å²) in [5.41, 5.74) is -0.200. The van der Waals surface area contributed by atoms with Crippen LogP contribution < -0.4 is 9.64 Å². The molecule has 3 aliphatic rings. The fourth-order valence-corrected chi connectivity index (χ4v) is 8.89. The van der Waals surface area contributed by atoms with Gasteiger partial charge in [0.25, 0.3) is 5.91 Å². The topological polar surface area (TPSA) is 99.5 Å². The zero-order chi connectivity index (χ0) is 24.8. The average molecular weight is 489 g/mol. The lowest BCUT2D eigenvalue weighted by Crippen LogP contribution is -2.46. The van der Waals surface area contributed by atoms with Crippen molar-refractivity contribution >= 4 is 25.8 Å². The molecule has 1 aromatic rings. The van der Waals surface area contributed by atoms with E-state index in [1.54, 1.807) is 23.0 Å². The van der Waals surface area contributed by atoms with Crippen LogP contribution in [0, 0.1) is 5.92 Å². The lowest BCUT2D eigenvalue weighted by molar-refractivity contribution is -0.150. The highest BCUT2D eigenvalue weighted by Gasteiger charge is 2.66. The predicted octanol–water partition coefficient (Wildman–Crippen LogP) is 2.40. The number of nitrogens with zero attached hydrogens (tertiary/aromatic N) is 2. The molecule has 2 N–H and O–H groups in total. The second-order valence-corrected chi connectivity index (χ2v) is 14.2. The molecule has 186 valence electrons. The summed E-state index contributed by atoms with van der Waals surface area (Å²) in [5.74, 6) is -0.0389. The number of benzene rings is 1. The Morgan fingerprint density at radius 3 is 2.76 bits per heavy atom. The molecule has 2 amide bonds. The Hall–Kier alpha value is -2.20. The van der Waals surface area contributed by atoms with Crippen molar-refractivity contribution in [3.8, 4) is 5.75 Å². The third-order valence-corrected chi connectivity index (χ3v) is 10.3. The van der Waals surface area contributed by atoms with E-state index in [2.05, 4.69) is 6.58 Å². The second kappa shape index (κ2) is 9.11. The number of aliphatic hydroxyl groups excluding tert-OH is 1. The van der Waals surface area contributed by atoms with Crippen LogP contribution in [0.3, 0.4) is 0 Å². The molecule has 9 heteroatoms. The second-order valence-electron chi connectivity index (χ2n) is 10.2. The minimum absolute atomic E-state index is 0.0660. The summed E-state index contributed by atoms with van der Waals surface area (Å²) >= 11 is 0. The van der Waals surface area contributed by atoms with E-state index in [9.17, 15) is 19.5 Å². The van der Waals surface area contributed by atoms with Crippen LogP contribution in [0.15, 0.2) is 30.9 Å². The number of amides is 2. The normalized spacial score (nSPS) is 30.8. The van der Waals surface area contributed by atoms with Gasteiger partial charge in [-0.3, -0.25) is 9.59 Å². The standard InChI is InChI=1S/C25H36N2O6Si/c1-6-11-27-20-10-9-18(32-3)13-19(20)25(24(27)30)16(2)23(34(4,5)31)21(33-25)14-22(29)26-12-7-8-17(26)15-28/h6,9-10,13,16-17,21,23,28,31H,1,7-8,11-12,14-15H2,2-5H3/t16-,17-,21+,23-,25+/m0/s1. The predicted molar refractivity (Wildman–Crippen MR) is 131 cm³/mol. The fraction of sp³-hybridized carbons (Fsp3) is 0.600. The Morgan fingerprint density at radius 2 is 2.15 bits per heavy atom. The first-order valence-electron chi connectivity index (χ1n) is 12.0. The van der Waals surface area contributed by atoms with Crippen molar-refractivity contribution in [3.05, 3.63) is 36.4 Å². The van der Waals surface area contributed by atoms with Crippen LogP contribution in [0.2, 0.25) is 18.6 Å². The summed E-state index contributed by atoms with van der Waals surface area (Å²) in [5, 5.41) is 9.68. The number of anilines is 1. The molecule has 1 spiro atoms. The van der Waals surface area contributed by atoms with Crippen molar-refractivity contribution in [1.29, 1.82) is 0 Å². The number of likely N-dealkylation sites (tertiary alicyclic amines) is 1. The van der Waals surface area contributed by atoms with Gasteiger partial charge in [-0.2, -0.15) is 0 Å². The van der Waals surface area contributed by atoms with Gasteiger partial charge in [0.15, 0.2) is 13.9 Å². The Balaban J connectivity index is 1.76. The van der Waals surface area contributed by atoms with E-state index >= 15 is 0 Å². The molecule has 3 heterocycles. The largest absolute Gasteiger partial charge is 0.497 e. The molecule has 0 bridgehead atoms.